The molecule has 0 aromatic heterocycles. The monoisotopic (exact) mass is 240 g/mol. The van der Waals surface area contributed by atoms with Crippen LogP contribution in [0.25, 0.3) is 0 Å². The highest BCUT2D eigenvalue weighted by Gasteiger charge is 2.16. The second kappa shape index (κ2) is 5.95. The van der Waals surface area contributed by atoms with Crippen LogP contribution in [0.5, 0.6) is 0 Å². The van der Waals surface area contributed by atoms with E-state index in [2.05, 4.69) is 5.32 Å². The molecule has 0 heterocycles. The highest BCUT2D eigenvalue weighted by molar-refractivity contribution is 5.86. The predicted octanol–water partition coefficient (Wildman–Crippen LogP) is -0.322. The molecule has 1 aromatic rings. The fourth-order valence-corrected chi connectivity index (χ4v) is 1.19. The molecule has 17 heavy (non-hydrogen) atoms. The number of rotatable bonds is 5. The molecule has 0 aliphatic heterocycles. The summed E-state index contributed by atoms with van der Waals surface area (Å²) >= 11 is 0. The third kappa shape index (κ3) is 4.60. The molecule has 0 radical (unpaired) electrons. The van der Waals surface area contributed by atoms with Gasteiger partial charge in [-0.15, -0.1) is 0 Å². The van der Waals surface area contributed by atoms with Crippen LogP contribution in [0.2, 0.25) is 0 Å². The number of nitrogens with two attached hydrogens (primary N) is 1. The van der Waals surface area contributed by atoms with Crippen molar-refractivity contribution in [1.82, 2.24) is 5.32 Å². The van der Waals surface area contributed by atoms with Crippen LogP contribution in [0.4, 0.5) is 4.39 Å². The molecule has 92 valence electrons. The quantitative estimate of drug-likeness (QED) is 0.658. The van der Waals surface area contributed by atoms with Crippen molar-refractivity contribution >= 4 is 11.8 Å². The van der Waals surface area contributed by atoms with E-state index in [0.29, 0.717) is 5.56 Å². The van der Waals surface area contributed by atoms with E-state index in [-0.39, 0.29) is 12.4 Å². The summed E-state index contributed by atoms with van der Waals surface area (Å²) in [5.74, 6) is -1.81. The molecule has 6 heteroatoms. The standard InChI is InChI=1S/C11H13FN2O3/c12-8-3-1-7(2-4-8)6-14-11(17)9(15)5-10(13)16/h1-4,9,15H,5-6H2,(H2,13,16)(H,14,17). The minimum absolute atomic E-state index is 0.148. The Morgan fingerprint density at radius 1 is 1.35 bits per heavy atom. The molecule has 0 saturated carbocycles. The van der Waals surface area contributed by atoms with E-state index in [0.717, 1.165) is 0 Å². The Balaban J connectivity index is 2.42. The molecule has 0 aliphatic rings. The molecule has 0 spiro atoms. The van der Waals surface area contributed by atoms with Gasteiger partial charge in [0.05, 0.1) is 6.42 Å². The summed E-state index contributed by atoms with van der Waals surface area (Å²) in [5.41, 5.74) is 5.52. The van der Waals surface area contributed by atoms with Crippen molar-refractivity contribution in [2.24, 2.45) is 5.73 Å². The van der Waals surface area contributed by atoms with Gasteiger partial charge >= 0.3 is 0 Å². The number of hydrogen-bond donors (Lipinski definition) is 3. The van der Waals surface area contributed by atoms with Gasteiger partial charge in [0.25, 0.3) is 0 Å². The number of amides is 2. The maximum atomic E-state index is 12.6. The minimum Gasteiger partial charge on any atom is -0.383 e. The lowest BCUT2D eigenvalue weighted by molar-refractivity contribution is -0.133. The summed E-state index contributed by atoms with van der Waals surface area (Å²) in [6, 6.07) is 5.55. The second-order valence-electron chi connectivity index (χ2n) is 3.53. The topological polar surface area (TPSA) is 92.4 Å². The van der Waals surface area contributed by atoms with Gasteiger partial charge in [-0.05, 0) is 17.7 Å². The van der Waals surface area contributed by atoms with Crippen molar-refractivity contribution < 1.29 is 19.1 Å². The second-order valence-corrected chi connectivity index (χ2v) is 3.53. The van der Waals surface area contributed by atoms with Crippen LogP contribution in [0.1, 0.15) is 12.0 Å². The van der Waals surface area contributed by atoms with Gasteiger partial charge in [-0.1, -0.05) is 12.1 Å². The molecule has 4 N–H and O–H groups in total. The van der Waals surface area contributed by atoms with Gasteiger partial charge < -0.3 is 16.2 Å². The maximum Gasteiger partial charge on any atom is 0.249 e. The summed E-state index contributed by atoms with van der Waals surface area (Å²) in [6.07, 6.45) is -1.87. The summed E-state index contributed by atoms with van der Waals surface area (Å²) in [6.45, 7) is 0.148. The van der Waals surface area contributed by atoms with Crippen LogP contribution >= 0.6 is 0 Å². The Morgan fingerprint density at radius 3 is 2.47 bits per heavy atom. The Morgan fingerprint density at radius 2 is 1.94 bits per heavy atom. The average molecular weight is 240 g/mol. The zero-order valence-corrected chi connectivity index (χ0v) is 9.02. The van der Waals surface area contributed by atoms with Crippen molar-refractivity contribution in [3.05, 3.63) is 35.6 Å². The van der Waals surface area contributed by atoms with Gasteiger partial charge in [-0.25, -0.2) is 4.39 Å². The van der Waals surface area contributed by atoms with Gasteiger partial charge in [0.2, 0.25) is 11.8 Å². The first-order valence-corrected chi connectivity index (χ1v) is 4.97. The Hall–Kier alpha value is -1.95. The zero-order valence-electron chi connectivity index (χ0n) is 9.02. The summed E-state index contributed by atoms with van der Waals surface area (Å²) < 4.78 is 12.6. The van der Waals surface area contributed by atoms with E-state index in [1.54, 1.807) is 0 Å². The van der Waals surface area contributed by atoms with Crippen molar-refractivity contribution in [1.29, 1.82) is 0 Å². The SMILES string of the molecule is NC(=O)CC(O)C(=O)NCc1ccc(F)cc1. The van der Waals surface area contributed by atoms with Gasteiger partial charge in [0, 0.05) is 6.54 Å². The minimum atomic E-state index is -1.45. The number of aliphatic hydroxyl groups excluding tert-OH is 1. The van der Waals surface area contributed by atoms with Crippen LogP contribution in [0.15, 0.2) is 24.3 Å². The third-order valence-electron chi connectivity index (χ3n) is 2.08. The molecule has 0 aliphatic carbocycles. The van der Waals surface area contributed by atoms with E-state index < -0.39 is 24.3 Å². The summed E-state index contributed by atoms with van der Waals surface area (Å²) in [7, 11) is 0. The largest absolute Gasteiger partial charge is 0.383 e. The maximum absolute atomic E-state index is 12.6. The van der Waals surface area contributed by atoms with E-state index in [1.165, 1.54) is 24.3 Å². The fourth-order valence-electron chi connectivity index (χ4n) is 1.19. The number of primary amides is 1. The van der Waals surface area contributed by atoms with Gasteiger partial charge in [-0.2, -0.15) is 0 Å². The van der Waals surface area contributed by atoms with Crippen molar-refractivity contribution in [2.45, 2.75) is 19.1 Å². The Labute approximate surface area is 97.4 Å². The van der Waals surface area contributed by atoms with Crippen LogP contribution < -0.4 is 11.1 Å². The first-order valence-electron chi connectivity index (χ1n) is 4.97. The van der Waals surface area contributed by atoms with Crippen LogP contribution in [-0.2, 0) is 16.1 Å². The van der Waals surface area contributed by atoms with Gasteiger partial charge in [-0.3, -0.25) is 9.59 Å². The van der Waals surface area contributed by atoms with E-state index in [1.807, 2.05) is 0 Å². The average Bonchev–Trinajstić information content (AvgIpc) is 2.27. The Kier molecular flexibility index (Phi) is 4.59. The fraction of sp³-hybridized carbons (Fsp3) is 0.273. The number of halogens is 1. The first-order chi connectivity index (χ1) is 7.99. The molecule has 2 amide bonds. The molecular formula is C11H13FN2O3. The molecule has 1 rings (SSSR count). The van der Waals surface area contributed by atoms with Crippen LogP contribution in [-0.4, -0.2) is 23.0 Å². The van der Waals surface area contributed by atoms with Crippen LogP contribution in [0, 0.1) is 5.82 Å². The highest BCUT2D eigenvalue weighted by atomic mass is 19.1. The smallest absolute Gasteiger partial charge is 0.249 e. The van der Waals surface area contributed by atoms with E-state index in [4.69, 9.17) is 5.73 Å². The van der Waals surface area contributed by atoms with Crippen molar-refractivity contribution in [2.75, 3.05) is 0 Å². The molecule has 0 fully saturated rings. The lowest BCUT2D eigenvalue weighted by Crippen LogP contribution is -2.36. The molecule has 0 saturated heterocycles. The number of carbonyl (C=O) groups excluding carboxylic acids is 2. The number of carbonyl (C=O) groups is 2. The van der Waals surface area contributed by atoms with Crippen molar-refractivity contribution in [3.8, 4) is 0 Å². The lowest BCUT2D eigenvalue weighted by Gasteiger charge is -2.09. The third-order valence-corrected chi connectivity index (χ3v) is 2.08. The summed E-state index contributed by atoms with van der Waals surface area (Å²) in [5, 5.41) is 11.6. The number of aliphatic hydroxyl groups is 1. The molecule has 1 atom stereocenters. The normalized spacial score (nSPS) is 11.9. The van der Waals surface area contributed by atoms with Gasteiger partial charge in [0.15, 0.2) is 0 Å². The zero-order chi connectivity index (χ0) is 12.8. The van der Waals surface area contributed by atoms with Crippen LogP contribution in [0.3, 0.4) is 0 Å². The molecule has 1 aromatic carbocycles. The number of nitrogens with one attached hydrogen (secondary N) is 1. The van der Waals surface area contributed by atoms with E-state index in [9.17, 15) is 19.1 Å². The number of benzene rings is 1. The number of hydrogen-bond acceptors (Lipinski definition) is 3. The predicted molar refractivity (Wildman–Crippen MR) is 58.1 cm³/mol. The molecule has 1 unspecified atom stereocenters. The summed E-state index contributed by atoms with van der Waals surface area (Å²) in [4.78, 5) is 21.7. The van der Waals surface area contributed by atoms with E-state index >= 15 is 0 Å². The molecule has 0 bridgehead atoms. The van der Waals surface area contributed by atoms with Gasteiger partial charge in [0.1, 0.15) is 11.9 Å². The molecule has 5 nitrogen and oxygen atoms in total. The Bertz CT molecular complexity index is 406. The lowest BCUT2D eigenvalue weighted by atomic mass is 10.2. The first kappa shape index (κ1) is 13.1. The molecular weight excluding hydrogens is 227 g/mol. The van der Waals surface area contributed by atoms with Crippen molar-refractivity contribution in [3.63, 3.8) is 0 Å². The highest BCUT2D eigenvalue weighted by Crippen LogP contribution is 2.02.